The Hall–Kier alpha value is -0.950. The van der Waals surface area contributed by atoms with Crippen LogP contribution in [0.1, 0.15) is 26.2 Å². The summed E-state index contributed by atoms with van der Waals surface area (Å²) in [6.07, 6.45) is 4.01. The van der Waals surface area contributed by atoms with E-state index in [-0.39, 0.29) is 0 Å². The number of carboxylic acids is 1. The summed E-state index contributed by atoms with van der Waals surface area (Å²) in [6.45, 7) is 3.83. The Bertz CT molecular complexity index is 264. The summed E-state index contributed by atoms with van der Waals surface area (Å²) in [7, 11) is 0. The fraction of sp³-hybridized carbons (Fsp3) is 0.833. The van der Waals surface area contributed by atoms with E-state index in [4.69, 9.17) is 9.84 Å². The third-order valence-electron chi connectivity index (χ3n) is 2.31. The number of ether oxygens (including phenoxy) is 1. The van der Waals surface area contributed by atoms with Gasteiger partial charge in [0.1, 0.15) is 6.04 Å². The highest BCUT2D eigenvalue weighted by molar-refractivity contribution is 7.98. The first-order chi connectivity index (χ1) is 9.11. The maximum atomic E-state index is 11.5. The monoisotopic (exact) mass is 292 g/mol. The van der Waals surface area contributed by atoms with Crippen molar-refractivity contribution in [1.82, 2.24) is 10.6 Å². The van der Waals surface area contributed by atoms with E-state index < -0.39 is 18.0 Å². The second-order valence-electron chi connectivity index (χ2n) is 4.04. The van der Waals surface area contributed by atoms with Gasteiger partial charge in [0.15, 0.2) is 0 Å². The molecule has 0 aromatic carbocycles. The third kappa shape index (κ3) is 10.6. The molecule has 2 amide bonds. The first-order valence-electron chi connectivity index (χ1n) is 6.45. The van der Waals surface area contributed by atoms with Crippen molar-refractivity contribution in [2.45, 2.75) is 32.2 Å². The lowest BCUT2D eigenvalue weighted by molar-refractivity contribution is -0.139. The number of thioether (sulfide) groups is 1. The Kier molecular flexibility index (Phi) is 11.5. The maximum Gasteiger partial charge on any atom is 0.326 e. The second kappa shape index (κ2) is 12.1. The molecular formula is C12H24N2O4S. The van der Waals surface area contributed by atoms with Crippen LogP contribution in [0.5, 0.6) is 0 Å². The van der Waals surface area contributed by atoms with Gasteiger partial charge in [-0.3, -0.25) is 0 Å². The molecule has 19 heavy (non-hydrogen) atoms. The number of carbonyl (C=O) groups excluding carboxylic acids is 1. The van der Waals surface area contributed by atoms with Crippen LogP contribution in [0.25, 0.3) is 0 Å². The molecule has 1 unspecified atom stereocenters. The predicted octanol–water partition coefficient (Wildman–Crippen LogP) is 1.31. The summed E-state index contributed by atoms with van der Waals surface area (Å²) in [5.74, 6) is -0.308. The van der Waals surface area contributed by atoms with Gasteiger partial charge in [0.25, 0.3) is 0 Å². The number of carbonyl (C=O) groups is 2. The summed E-state index contributed by atoms with van der Waals surface area (Å²) in [6, 6.07) is -1.27. The molecule has 0 aromatic heterocycles. The van der Waals surface area contributed by atoms with Gasteiger partial charge in [-0.05, 0) is 31.3 Å². The average molecular weight is 292 g/mol. The minimum Gasteiger partial charge on any atom is -0.480 e. The van der Waals surface area contributed by atoms with E-state index in [0.717, 1.165) is 19.4 Å². The van der Waals surface area contributed by atoms with Gasteiger partial charge < -0.3 is 20.5 Å². The van der Waals surface area contributed by atoms with Gasteiger partial charge in [0, 0.05) is 19.8 Å². The SMILES string of the molecule is CCCOCCCNC(=O)NC(CCSC)C(=O)O. The zero-order chi connectivity index (χ0) is 14.5. The van der Waals surface area contributed by atoms with Gasteiger partial charge in [-0.15, -0.1) is 0 Å². The van der Waals surface area contributed by atoms with E-state index in [1.54, 1.807) is 11.8 Å². The summed E-state index contributed by atoms with van der Waals surface area (Å²) >= 11 is 1.55. The summed E-state index contributed by atoms with van der Waals surface area (Å²) < 4.78 is 5.27. The van der Waals surface area contributed by atoms with Crippen LogP contribution in [0.3, 0.4) is 0 Å². The standard InChI is InChI=1S/C12H24N2O4S/c1-3-7-18-8-4-6-13-12(17)14-10(11(15)16)5-9-19-2/h10H,3-9H2,1-2H3,(H,15,16)(H2,13,14,17). The second-order valence-corrected chi connectivity index (χ2v) is 5.02. The molecule has 0 saturated carbocycles. The lowest BCUT2D eigenvalue weighted by Gasteiger charge is -2.14. The normalized spacial score (nSPS) is 11.9. The largest absolute Gasteiger partial charge is 0.480 e. The maximum absolute atomic E-state index is 11.5. The Morgan fingerprint density at radius 2 is 2.11 bits per heavy atom. The minimum atomic E-state index is -1.00. The Balaban J connectivity index is 3.71. The first kappa shape index (κ1) is 18.0. The fourth-order valence-corrected chi connectivity index (χ4v) is 1.80. The van der Waals surface area contributed by atoms with E-state index in [1.165, 1.54) is 0 Å². The molecule has 0 heterocycles. The molecule has 0 rings (SSSR count). The molecule has 0 bridgehead atoms. The number of rotatable bonds is 11. The van der Waals surface area contributed by atoms with Crippen molar-refractivity contribution in [3.05, 3.63) is 0 Å². The van der Waals surface area contributed by atoms with Crippen molar-refractivity contribution >= 4 is 23.8 Å². The topological polar surface area (TPSA) is 87.7 Å². The molecule has 112 valence electrons. The highest BCUT2D eigenvalue weighted by Crippen LogP contribution is 2.00. The lowest BCUT2D eigenvalue weighted by Crippen LogP contribution is -2.46. The predicted molar refractivity (Wildman–Crippen MR) is 76.7 cm³/mol. The van der Waals surface area contributed by atoms with Crippen molar-refractivity contribution in [3.63, 3.8) is 0 Å². The van der Waals surface area contributed by atoms with Crippen LogP contribution in [-0.2, 0) is 9.53 Å². The molecule has 0 aromatic rings. The van der Waals surface area contributed by atoms with E-state index in [9.17, 15) is 9.59 Å². The van der Waals surface area contributed by atoms with Gasteiger partial charge in [0.2, 0.25) is 0 Å². The summed E-state index contributed by atoms with van der Waals surface area (Å²) in [5.41, 5.74) is 0. The van der Waals surface area contributed by atoms with Crippen LogP contribution in [0.2, 0.25) is 0 Å². The van der Waals surface area contributed by atoms with Crippen LogP contribution in [0.15, 0.2) is 0 Å². The van der Waals surface area contributed by atoms with Crippen molar-refractivity contribution < 1.29 is 19.4 Å². The van der Waals surface area contributed by atoms with E-state index in [0.29, 0.717) is 25.3 Å². The summed E-state index contributed by atoms with van der Waals surface area (Å²) in [5, 5.41) is 14.0. The summed E-state index contributed by atoms with van der Waals surface area (Å²) in [4.78, 5) is 22.4. The van der Waals surface area contributed by atoms with Crippen LogP contribution < -0.4 is 10.6 Å². The van der Waals surface area contributed by atoms with Gasteiger partial charge >= 0.3 is 12.0 Å². The Labute approximate surface area is 118 Å². The van der Waals surface area contributed by atoms with Crippen molar-refractivity contribution in [3.8, 4) is 0 Å². The average Bonchev–Trinajstić information content (AvgIpc) is 2.38. The molecule has 0 aliphatic carbocycles. The molecular weight excluding hydrogens is 268 g/mol. The number of urea groups is 1. The quantitative estimate of drug-likeness (QED) is 0.500. The molecule has 1 atom stereocenters. The van der Waals surface area contributed by atoms with Gasteiger partial charge in [0.05, 0.1) is 0 Å². The van der Waals surface area contributed by atoms with Crippen LogP contribution >= 0.6 is 11.8 Å². The fourth-order valence-electron chi connectivity index (χ4n) is 1.32. The Morgan fingerprint density at radius 3 is 2.68 bits per heavy atom. The van der Waals surface area contributed by atoms with Gasteiger partial charge in [-0.1, -0.05) is 6.92 Å². The zero-order valence-electron chi connectivity index (χ0n) is 11.6. The number of carboxylic acid groups (broad SMARTS) is 1. The molecule has 0 aliphatic heterocycles. The van der Waals surface area contributed by atoms with Gasteiger partial charge in [-0.25, -0.2) is 9.59 Å². The van der Waals surface area contributed by atoms with Crippen molar-refractivity contribution in [1.29, 1.82) is 0 Å². The van der Waals surface area contributed by atoms with E-state index >= 15 is 0 Å². The van der Waals surface area contributed by atoms with Crippen molar-refractivity contribution in [2.75, 3.05) is 31.8 Å². The number of hydrogen-bond acceptors (Lipinski definition) is 4. The zero-order valence-corrected chi connectivity index (χ0v) is 12.4. The highest BCUT2D eigenvalue weighted by atomic mass is 32.2. The Morgan fingerprint density at radius 1 is 1.37 bits per heavy atom. The van der Waals surface area contributed by atoms with Crippen LogP contribution in [-0.4, -0.2) is 54.9 Å². The first-order valence-corrected chi connectivity index (χ1v) is 7.85. The molecule has 0 fully saturated rings. The molecule has 6 nitrogen and oxygen atoms in total. The van der Waals surface area contributed by atoms with Gasteiger partial charge in [-0.2, -0.15) is 11.8 Å². The van der Waals surface area contributed by atoms with Crippen LogP contribution in [0, 0.1) is 0 Å². The smallest absolute Gasteiger partial charge is 0.326 e. The number of nitrogens with one attached hydrogen (secondary N) is 2. The third-order valence-corrected chi connectivity index (χ3v) is 2.96. The molecule has 0 saturated heterocycles. The number of aliphatic carboxylic acids is 1. The van der Waals surface area contributed by atoms with E-state index in [1.807, 2.05) is 13.2 Å². The van der Waals surface area contributed by atoms with Crippen molar-refractivity contribution in [2.24, 2.45) is 0 Å². The number of hydrogen-bond donors (Lipinski definition) is 3. The molecule has 0 radical (unpaired) electrons. The number of amides is 2. The molecule has 3 N–H and O–H groups in total. The van der Waals surface area contributed by atoms with Crippen LogP contribution in [0.4, 0.5) is 4.79 Å². The molecule has 0 spiro atoms. The lowest BCUT2D eigenvalue weighted by atomic mass is 10.2. The molecule has 7 heteroatoms. The van der Waals surface area contributed by atoms with E-state index in [2.05, 4.69) is 10.6 Å². The molecule has 0 aliphatic rings. The minimum absolute atomic E-state index is 0.420. The highest BCUT2D eigenvalue weighted by Gasteiger charge is 2.18.